The first kappa shape index (κ1) is 36.3. The molecule has 0 heterocycles. The van der Waals surface area contributed by atoms with Gasteiger partial charge in [0.2, 0.25) is 13.6 Å². The summed E-state index contributed by atoms with van der Waals surface area (Å²) < 4.78 is 63.0. The number of halogens is 3. The zero-order valence-electron chi connectivity index (χ0n) is 25.2. The number of aryl methyl sites for hydroxylation is 1. The number of unbranched alkanes of at least 4 members (excludes halogenated alkanes) is 1. The second-order valence-corrected chi connectivity index (χ2v) is 10.0. The molecule has 47 heavy (non-hydrogen) atoms. The number of hydrogen-bond acceptors (Lipinski definition) is 10. The molecule has 0 unspecified atom stereocenters. The van der Waals surface area contributed by atoms with E-state index in [0.29, 0.717) is 12.8 Å². The normalized spacial score (nSPS) is 10.9. The second kappa shape index (κ2) is 17.5. The number of carbonyl (C=O) groups is 3. The van der Waals surface area contributed by atoms with E-state index in [0.717, 1.165) is 16.7 Å². The van der Waals surface area contributed by atoms with E-state index in [-0.39, 0.29) is 40.4 Å². The molecule has 3 aromatic rings. The molecule has 0 atom stereocenters. The van der Waals surface area contributed by atoms with Crippen LogP contribution in [0.3, 0.4) is 0 Å². The fourth-order valence-corrected chi connectivity index (χ4v) is 3.89. The molecule has 0 aliphatic heterocycles. The maximum atomic E-state index is 13.0. The molecule has 0 saturated carbocycles. The molecular weight excluding hydrogens is 625 g/mol. The van der Waals surface area contributed by atoms with Gasteiger partial charge in [-0.25, -0.2) is 14.4 Å². The van der Waals surface area contributed by atoms with Gasteiger partial charge >= 0.3 is 24.1 Å². The number of hydrogen-bond donors (Lipinski definition) is 2. The summed E-state index contributed by atoms with van der Waals surface area (Å²) in [6.45, 7) is 4.33. The summed E-state index contributed by atoms with van der Waals surface area (Å²) in [4.78, 5) is 36.4. The number of aliphatic hydroxyl groups excluding tert-OH is 2. The largest absolute Gasteiger partial charge is 0.457 e. The molecular formula is C34H33F3O10. The van der Waals surface area contributed by atoms with E-state index in [1.807, 2.05) is 24.3 Å². The van der Waals surface area contributed by atoms with E-state index in [9.17, 15) is 27.6 Å². The standard InChI is InChI=1S/C34H33F3O10/c1-22(18-38)31(40)45-20-43-28-15-29(44-21-46-32(41)23(2)19-39)17-30(16-28)47-33(42)27-12-10-26(11-13-27)25-8-6-24(7-9-25)5-3-4-14-34(35,36)37/h6-13,15-17,38-39H,1-5,14,18-21H2. The third-order valence-corrected chi connectivity index (χ3v) is 6.44. The number of carbonyl (C=O) groups excluding carboxylic acids is 3. The fraction of sp³-hybridized carbons (Fsp3) is 0.265. The average Bonchev–Trinajstić information content (AvgIpc) is 3.05. The van der Waals surface area contributed by atoms with Crippen LogP contribution in [0.1, 0.15) is 35.2 Å². The Hall–Kier alpha value is -5.14. The van der Waals surface area contributed by atoms with Crippen molar-refractivity contribution in [3.8, 4) is 28.4 Å². The highest BCUT2D eigenvalue weighted by Gasteiger charge is 2.25. The summed E-state index contributed by atoms with van der Waals surface area (Å²) in [6.07, 6.45) is -3.91. The lowest BCUT2D eigenvalue weighted by atomic mass is 10.0. The van der Waals surface area contributed by atoms with Gasteiger partial charge < -0.3 is 33.9 Å². The van der Waals surface area contributed by atoms with Crippen molar-refractivity contribution >= 4 is 17.9 Å². The highest BCUT2D eigenvalue weighted by Crippen LogP contribution is 2.29. The summed E-state index contributed by atoms with van der Waals surface area (Å²) in [5, 5.41) is 18.0. The van der Waals surface area contributed by atoms with E-state index in [2.05, 4.69) is 13.2 Å². The van der Waals surface area contributed by atoms with E-state index in [1.54, 1.807) is 24.3 Å². The molecule has 0 aromatic heterocycles. The molecule has 0 aliphatic carbocycles. The number of benzene rings is 3. The summed E-state index contributed by atoms with van der Waals surface area (Å²) >= 11 is 0. The van der Waals surface area contributed by atoms with Crippen LogP contribution in [0.4, 0.5) is 13.2 Å². The van der Waals surface area contributed by atoms with Crippen molar-refractivity contribution in [3.05, 3.63) is 102 Å². The van der Waals surface area contributed by atoms with E-state index < -0.39 is 57.3 Å². The SMILES string of the molecule is C=C(CO)C(=O)OCOc1cc(OCOC(=O)C(=C)CO)cc(OC(=O)c2ccc(-c3ccc(CCCCC(F)(F)F)cc3)cc2)c1. The Bertz CT molecular complexity index is 1500. The summed E-state index contributed by atoms with van der Waals surface area (Å²) in [7, 11) is 0. The Morgan fingerprint density at radius 2 is 1.15 bits per heavy atom. The third kappa shape index (κ3) is 12.3. The van der Waals surface area contributed by atoms with E-state index >= 15 is 0 Å². The van der Waals surface area contributed by atoms with Gasteiger partial charge in [0.1, 0.15) is 17.2 Å². The lowest BCUT2D eigenvalue weighted by Crippen LogP contribution is -2.15. The van der Waals surface area contributed by atoms with Gasteiger partial charge in [-0.15, -0.1) is 0 Å². The molecule has 3 aromatic carbocycles. The predicted molar refractivity (Wildman–Crippen MR) is 163 cm³/mol. The Morgan fingerprint density at radius 3 is 1.62 bits per heavy atom. The molecule has 0 radical (unpaired) electrons. The highest BCUT2D eigenvalue weighted by molar-refractivity contribution is 5.92. The number of alkyl halides is 3. The van der Waals surface area contributed by atoms with E-state index in [4.69, 9.17) is 33.9 Å². The molecule has 0 amide bonds. The summed E-state index contributed by atoms with van der Waals surface area (Å²) in [6, 6.07) is 17.9. The van der Waals surface area contributed by atoms with Gasteiger partial charge in [0, 0.05) is 24.6 Å². The van der Waals surface area contributed by atoms with Crippen molar-refractivity contribution in [1.82, 2.24) is 0 Å². The Kier molecular flexibility index (Phi) is 13.5. The first-order valence-electron chi connectivity index (χ1n) is 14.2. The number of ether oxygens (including phenoxy) is 5. The molecule has 2 N–H and O–H groups in total. The van der Waals surface area contributed by atoms with Crippen LogP contribution in [-0.4, -0.2) is 61.1 Å². The van der Waals surface area contributed by atoms with Crippen LogP contribution in [0.25, 0.3) is 11.1 Å². The molecule has 0 fully saturated rings. The van der Waals surface area contributed by atoms with Crippen LogP contribution in [-0.2, 0) is 25.5 Å². The van der Waals surface area contributed by atoms with Gasteiger partial charge in [-0.2, -0.15) is 13.2 Å². The van der Waals surface area contributed by atoms with Crippen molar-refractivity contribution in [2.45, 2.75) is 31.9 Å². The quantitative estimate of drug-likeness (QED) is 0.0611. The van der Waals surface area contributed by atoms with Crippen LogP contribution < -0.4 is 14.2 Å². The molecule has 0 saturated heterocycles. The molecule has 0 aliphatic rings. The van der Waals surface area contributed by atoms with Gasteiger partial charge in [-0.05, 0) is 48.1 Å². The molecule has 3 rings (SSSR count). The second-order valence-electron chi connectivity index (χ2n) is 10.0. The van der Waals surface area contributed by atoms with Gasteiger partial charge in [-0.1, -0.05) is 49.6 Å². The van der Waals surface area contributed by atoms with Crippen molar-refractivity contribution in [2.24, 2.45) is 0 Å². The number of aliphatic hydroxyl groups is 2. The molecule has 0 bridgehead atoms. The average molecular weight is 659 g/mol. The highest BCUT2D eigenvalue weighted by atomic mass is 19.4. The van der Waals surface area contributed by atoms with Crippen LogP contribution >= 0.6 is 0 Å². The number of rotatable bonds is 17. The van der Waals surface area contributed by atoms with E-state index in [1.165, 1.54) is 18.2 Å². The number of esters is 3. The van der Waals surface area contributed by atoms with Crippen molar-refractivity contribution < 1.29 is 61.5 Å². The Labute approximate surface area is 268 Å². The van der Waals surface area contributed by atoms with Crippen LogP contribution in [0.2, 0.25) is 0 Å². The lowest BCUT2D eigenvalue weighted by Gasteiger charge is -2.13. The molecule has 250 valence electrons. The van der Waals surface area contributed by atoms with Crippen LogP contribution in [0.5, 0.6) is 17.2 Å². The molecule has 0 spiro atoms. The zero-order valence-corrected chi connectivity index (χ0v) is 25.2. The predicted octanol–water partition coefficient (Wildman–Crippen LogP) is 5.70. The molecule has 13 heteroatoms. The Morgan fingerprint density at radius 1 is 0.681 bits per heavy atom. The smallest absolute Gasteiger partial charge is 0.389 e. The van der Waals surface area contributed by atoms with Crippen molar-refractivity contribution in [3.63, 3.8) is 0 Å². The van der Waals surface area contributed by atoms with Gasteiger partial charge in [0.05, 0.1) is 29.9 Å². The zero-order chi connectivity index (χ0) is 34.4. The van der Waals surface area contributed by atoms with Crippen molar-refractivity contribution in [1.29, 1.82) is 0 Å². The maximum Gasteiger partial charge on any atom is 0.389 e. The van der Waals surface area contributed by atoms with Crippen molar-refractivity contribution in [2.75, 3.05) is 26.8 Å². The van der Waals surface area contributed by atoms with Crippen LogP contribution in [0, 0.1) is 0 Å². The topological polar surface area (TPSA) is 138 Å². The maximum absolute atomic E-state index is 13.0. The van der Waals surface area contributed by atoms with Gasteiger partial charge in [0.15, 0.2) is 0 Å². The first-order valence-corrected chi connectivity index (χ1v) is 14.2. The first-order chi connectivity index (χ1) is 22.4. The van der Waals surface area contributed by atoms with Gasteiger partial charge in [0.25, 0.3) is 0 Å². The minimum atomic E-state index is -4.15. The third-order valence-electron chi connectivity index (χ3n) is 6.44. The molecule has 10 nitrogen and oxygen atoms in total. The van der Waals surface area contributed by atoms with Gasteiger partial charge in [-0.3, -0.25) is 0 Å². The Balaban J connectivity index is 1.66. The summed E-state index contributed by atoms with van der Waals surface area (Å²) in [5.41, 5.74) is 2.40. The monoisotopic (exact) mass is 658 g/mol. The fourth-order valence-electron chi connectivity index (χ4n) is 3.89. The minimum Gasteiger partial charge on any atom is -0.457 e. The van der Waals surface area contributed by atoms with Crippen LogP contribution in [0.15, 0.2) is 91.0 Å². The lowest BCUT2D eigenvalue weighted by molar-refractivity contribution is -0.146. The summed E-state index contributed by atoms with van der Waals surface area (Å²) in [5.74, 6) is -2.46. The minimum absolute atomic E-state index is 0.0328.